The second-order valence-corrected chi connectivity index (χ2v) is 9.51. The molecule has 1 aromatic carbocycles. The third kappa shape index (κ3) is 6.49. The van der Waals surface area contributed by atoms with Crippen LogP contribution in [-0.2, 0) is 9.53 Å². The van der Waals surface area contributed by atoms with E-state index in [2.05, 4.69) is 0 Å². The molecule has 0 unspecified atom stereocenters. The average Bonchev–Trinajstić information content (AvgIpc) is 3.05. The van der Waals surface area contributed by atoms with Crippen molar-refractivity contribution in [3.8, 4) is 5.75 Å². The van der Waals surface area contributed by atoms with Crippen molar-refractivity contribution in [2.75, 3.05) is 13.7 Å². The highest BCUT2D eigenvalue weighted by atomic mass is 32.2. The number of esters is 1. The molecule has 160 valence electrons. The van der Waals surface area contributed by atoms with E-state index in [1.165, 1.54) is 7.11 Å². The third-order valence-corrected chi connectivity index (χ3v) is 7.68. The van der Waals surface area contributed by atoms with Crippen LogP contribution in [0.15, 0.2) is 42.5 Å². The van der Waals surface area contributed by atoms with Gasteiger partial charge in [-0.05, 0) is 50.2 Å². The normalized spacial score (nSPS) is 30.1. The molecule has 1 aliphatic heterocycles. The molecule has 29 heavy (non-hydrogen) atoms. The fourth-order valence-electron chi connectivity index (χ4n) is 4.40. The Labute approximate surface area is 177 Å². The number of hydrogen-bond donors (Lipinski definition) is 2. The summed E-state index contributed by atoms with van der Waals surface area (Å²) in [6.45, 7) is 0.203. The average molecular weight is 421 g/mol. The van der Waals surface area contributed by atoms with Gasteiger partial charge in [-0.25, -0.2) is 0 Å². The Bertz CT molecular complexity index is 664. The molecule has 0 spiro atoms. The summed E-state index contributed by atoms with van der Waals surface area (Å²) in [5.74, 6) is 1.14. The number of carbonyl (C=O) groups is 1. The minimum absolute atomic E-state index is 0.0925. The predicted octanol–water partition coefficient (Wildman–Crippen LogP) is 3.59. The van der Waals surface area contributed by atoms with Crippen LogP contribution in [0.5, 0.6) is 5.75 Å². The zero-order valence-electron chi connectivity index (χ0n) is 17.0. The van der Waals surface area contributed by atoms with Crippen LogP contribution in [-0.4, -0.2) is 52.6 Å². The number of para-hydroxylation sites is 1. The maximum absolute atomic E-state index is 11.3. The molecule has 6 atom stereocenters. The first-order valence-corrected chi connectivity index (χ1v) is 11.5. The van der Waals surface area contributed by atoms with Gasteiger partial charge in [-0.1, -0.05) is 30.4 Å². The molecule has 2 fully saturated rings. The van der Waals surface area contributed by atoms with Gasteiger partial charge in [0.15, 0.2) is 0 Å². The van der Waals surface area contributed by atoms with Crippen LogP contribution in [0.2, 0.25) is 0 Å². The van der Waals surface area contributed by atoms with Gasteiger partial charge < -0.3 is 19.7 Å². The second-order valence-electron chi connectivity index (χ2n) is 7.96. The van der Waals surface area contributed by atoms with Gasteiger partial charge >= 0.3 is 5.97 Å². The molecule has 1 saturated carbocycles. The summed E-state index contributed by atoms with van der Waals surface area (Å²) >= 11 is 1.98. The lowest BCUT2D eigenvalue weighted by atomic mass is 9.88. The lowest BCUT2D eigenvalue weighted by molar-refractivity contribution is -0.140. The van der Waals surface area contributed by atoms with Crippen molar-refractivity contribution >= 4 is 17.7 Å². The Hall–Kier alpha value is -1.50. The van der Waals surface area contributed by atoms with Gasteiger partial charge in [-0.3, -0.25) is 4.79 Å². The smallest absolute Gasteiger partial charge is 0.305 e. The number of hydrogen-bond acceptors (Lipinski definition) is 6. The molecule has 0 bridgehead atoms. The maximum atomic E-state index is 11.3. The van der Waals surface area contributed by atoms with Crippen LogP contribution in [0, 0.1) is 11.8 Å². The molecular formula is C23H32O5S. The summed E-state index contributed by atoms with van der Waals surface area (Å²) in [4.78, 5) is 11.3. The quantitative estimate of drug-likeness (QED) is 0.470. The summed E-state index contributed by atoms with van der Waals surface area (Å²) in [5.41, 5.74) is 0. The maximum Gasteiger partial charge on any atom is 0.305 e. The number of aliphatic hydroxyl groups is 2. The van der Waals surface area contributed by atoms with E-state index in [-0.39, 0.29) is 24.6 Å². The number of ether oxygens (including phenoxy) is 2. The van der Waals surface area contributed by atoms with Crippen molar-refractivity contribution in [3.05, 3.63) is 42.5 Å². The molecule has 6 heteroatoms. The molecule has 0 amide bonds. The van der Waals surface area contributed by atoms with Crippen LogP contribution in [0.4, 0.5) is 0 Å². The molecule has 1 saturated heterocycles. The first-order valence-electron chi connectivity index (χ1n) is 10.5. The Kier molecular flexibility index (Phi) is 8.45. The molecule has 2 aliphatic rings. The molecule has 0 radical (unpaired) electrons. The van der Waals surface area contributed by atoms with Gasteiger partial charge in [-0.2, -0.15) is 11.8 Å². The topological polar surface area (TPSA) is 76.0 Å². The molecule has 1 heterocycles. The highest BCUT2D eigenvalue weighted by Gasteiger charge is 2.44. The molecule has 1 aromatic rings. The van der Waals surface area contributed by atoms with Gasteiger partial charge in [-0.15, -0.1) is 0 Å². The van der Waals surface area contributed by atoms with Gasteiger partial charge in [0.1, 0.15) is 18.5 Å². The lowest BCUT2D eigenvalue weighted by Gasteiger charge is -2.33. The molecule has 3 rings (SSSR count). The lowest BCUT2D eigenvalue weighted by Crippen LogP contribution is -2.27. The van der Waals surface area contributed by atoms with Crippen LogP contribution < -0.4 is 4.74 Å². The van der Waals surface area contributed by atoms with Crippen LogP contribution >= 0.6 is 11.8 Å². The number of aliphatic hydroxyl groups excluding tert-OH is 2. The van der Waals surface area contributed by atoms with Crippen molar-refractivity contribution in [2.24, 2.45) is 11.8 Å². The second kappa shape index (κ2) is 11.0. The summed E-state index contributed by atoms with van der Waals surface area (Å²) in [6, 6.07) is 9.45. The SMILES string of the molecule is COC(=O)CCC[C@H]1CC[C@@H]2[C@@H](/C=C/[C@@H](O)COc3ccccc3)[C@H](O)C[C@@H]2S1. The monoisotopic (exact) mass is 420 g/mol. The first kappa shape index (κ1) is 22.2. The summed E-state index contributed by atoms with van der Waals surface area (Å²) in [7, 11) is 1.43. The molecule has 1 aliphatic carbocycles. The van der Waals surface area contributed by atoms with Crippen molar-refractivity contribution < 1.29 is 24.5 Å². The first-order chi connectivity index (χ1) is 14.1. The van der Waals surface area contributed by atoms with Crippen LogP contribution in [0.25, 0.3) is 0 Å². The third-order valence-electron chi connectivity index (χ3n) is 5.93. The van der Waals surface area contributed by atoms with Crippen LogP contribution in [0.1, 0.15) is 38.5 Å². The van der Waals surface area contributed by atoms with Gasteiger partial charge in [0.05, 0.1) is 13.2 Å². The molecule has 0 aromatic heterocycles. The number of benzene rings is 1. The van der Waals surface area contributed by atoms with E-state index in [1.54, 1.807) is 6.08 Å². The minimum atomic E-state index is -0.691. The van der Waals surface area contributed by atoms with Crippen molar-refractivity contribution in [1.82, 2.24) is 0 Å². The number of rotatable bonds is 9. The molecular weight excluding hydrogens is 388 g/mol. The largest absolute Gasteiger partial charge is 0.491 e. The van der Waals surface area contributed by atoms with Gasteiger partial charge in [0, 0.05) is 22.8 Å². The number of carbonyl (C=O) groups excluding carboxylic acids is 1. The predicted molar refractivity (Wildman–Crippen MR) is 115 cm³/mol. The number of thioether (sulfide) groups is 1. The number of fused-ring (bicyclic) bond motifs is 1. The molecule has 2 N–H and O–H groups in total. The summed E-state index contributed by atoms with van der Waals surface area (Å²) in [6.07, 6.45) is 8.09. The Morgan fingerprint density at radius 1 is 1.31 bits per heavy atom. The van der Waals surface area contributed by atoms with Gasteiger partial charge in [0.25, 0.3) is 0 Å². The van der Waals surface area contributed by atoms with E-state index < -0.39 is 6.10 Å². The number of methoxy groups -OCH3 is 1. The van der Waals surface area contributed by atoms with E-state index in [4.69, 9.17) is 9.47 Å². The molecule has 5 nitrogen and oxygen atoms in total. The zero-order chi connectivity index (χ0) is 20.6. The minimum Gasteiger partial charge on any atom is -0.491 e. The Morgan fingerprint density at radius 3 is 2.86 bits per heavy atom. The highest BCUT2D eigenvalue weighted by Crippen LogP contribution is 2.49. The van der Waals surface area contributed by atoms with E-state index in [9.17, 15) is 15.0 Å². The zero-order valence-corrected chi connectivity index (χ0v) is 17.8. The Morgan fingerprint density at radius 2 is 2.10 bits per heavy atom. The standard InChI is InChI=1S/C23H32O5S/c1-27-23(26)9-5-8-18-11-13-20-19(21(25)14-22(20)29-18)12-10-16(24)15-28-17-6-3-2-4-7-17/h2-4,6-7,10,12,16,18-22,24-25H,5,8-9,11,13-15H2,1H3/b12-10+/t16-,18+,19-,20-,21-,22+/m1/s1. The highest BCUT2D eigenvalue weighted by molar-refractivity contribution is 8.00. The Balaban J connectivity index is 1.44. The van der Waals surface area contributed by atoms with E-state index in [1.807, 2.05) is 48.2 Å². The summed E-state index contributed by atoms with van der Waals surface area (Å²) < 4.78 is 10.3. The van der Waals surface area contributed by atoms with Crippen molar-refractivity contribution in [2.45, 2.75) is 61.2 Å². The van der Waals surface area contributed by atoms with Gasteiger partial charge in [0.2, 0.25) is 0 Å². The summed E-state index contributed by atoms with van der Waals surface area (Å²) in [5, 5.41) is 21.8. The van der Waals surface area contributed by atoms with Crippen molar-refractivity contribution in [1.29, 1.82) is 0 Å². The van der Waals surface area contributed by atoms with E-state index >= 15 is 0 Å². The fraction of sp³-hybridized carbons (Fsp3) is 0.609. The van der Waals surface area contributed by atoms with E-state index in [0.29, 0.717) is 22.8 Å². The van der Waals surface area contributed by atoms with E-state index in [0.717, 1.165) is 37.9 Å². The van der Waals surface area contributed by atoms with Crippen LogP contribution in [0.3, 0.4) is 0 Å². The van der Waals surface area contributed by atoms with Crippen molar-refractivity contribution in [3.63, 3.8) is 0 Å². The fourth-order valence-corrected chi connectivity index (χ4v) is 6.30.